The van der Waals surface area contributed by atoms with E-state index in [9.17, 15) is 8.42 Å². The fraction of sp³-hybridized carbons (Fsp3) is 0.750. The van der Waals surface area contributed by atoms with E-state index in [-0.39, 0.29) is 5.75 Å². The lowest BCUT2D eigenvalue weighted by atomic mass is 10.0. The number of hydrogen-bond acceptors (Lipinski definition) is 5. The Hall–Kier alpha value is -0.630. The van der Waals surface area contributed by atoms with Crippen LogP contribution in [0.5, 0.6) is 0 Å². The maximum absolute atomic E-state index is 12.3. The molecule has 2 heterocycles. The predicted molar refractivity (Wildman–Crippen MR) is 79.0 cm³/mol. The number of nitrogens with one attached hydrogen (secondary N) is 1. The molecule has 114 valence electrons. The van der Waals surface area contributed by atoms with E-state index in [0.717, 1.165) is 19.3 Å². The van der Waals surface area contributed by atoms with E-state index in [1.807, 2.05) is 6.92 Å². The molecule has 1 aliphatic heterocycles. The van der Waals surface area contributed by atoms with Crippen LogP contribution < -0.4 is 11.3 Å². The lowest BCUT2D eigenvalue weighted by Crippen LogP contribution is -2.44. The molecule has 2 atom stereocenters. The van der Waals surface area contributed by atoms with Crippen molar-refractivity contribution in [3.8, 4) is 0 Å². The Morgan fingerprint density at radius 1 is 1.60 bits per heavy atom. The number of aromatic nitrogens is 2. The van der Waals surface area contributed by atoms with E-state index in [4.69, 9.17) is 17.4 Å². The summed E-state index contributed by atoms with van der Waals surface area (Å²) in [6.07, 6.45) is 4.65. The molecule has 1 aromatic rings. The Labute approximate surface area is 124 Å². The Morgan fingerprint density at radius 2 is 2.35 bits per heavy atom. The molecule has 0 saturated carbocycles. The van der Waals surface area contributed by atoms with Crippen LogP contribution in [0.3, 0.4) is 0 Å². The molecule has 0 bridgehead atoms. The summed E-state index contributed by atoms with van der Waals surface area (Å²) in [5, 5.41) is 4.14. The van der Waals surface area contributed by atoms with Crippen LogP contribution >= 0.6 is 11.6 Å². The molecule has 1 aromatic heterocycles. The van der Waals surface area contributed by atoms with Gasteiger partial charge in [0.15, 0.2) is 9.84 Å². The third-order valence-electron chi connectivity index (χ3n) is 3.74. The summed E-state index contributed by atoms with van der Waals surface area (Å²) in [5.41, 5.74) is 3.32. The van der Waals surface area contributed by atoms with Gasteiger partial charge in [-0.3, -0.25) is 16.0 Å². The van der Waals surface area contributed by atoms with Crippen LogP contribution in [0.4, 0.5) is 0 Å². The quantitative estimate of drug-likeness (QED) is 0.632. The highest BCUT2D eigenvalue weighted by Gasteiger charge is 2.38. The minimum absolute atomic E-state index is 0.218. The summed E-state index contributed by atoms with van der Waals surface area (Å²) in [7, 11) is -3.15. The van der Waals surface area contributed by atoms with Crippen LogP contribution in [0.1, 0.15) is 44.3 Å². The van der Waals surface area contributed by atoms with Crippen LogP contribution in [0.15, 0.2) is 6.20 Å². The first-order chi connectivity index (χ1) is 9.51. The summed E-state index contributed by atoms with van der Waals surface area (Å²) in [6.45, 7) is 2.72. The first kappa shape index (κ1) is 15.8. The van der Waals surface area contributed by atoms with E-state index in [2.05, 4.69) is 10.5 Å². The van der Waals surface area contributed by atoms with Crippen molar-refractivity contribution in [2.24, 2.45) is 5.84 Å². The second-order valence-corrected chi connectivity index (χ2v) is 7.89. The number of nitrogens with zero attached hydrogens (tertiary/aromatic N) is 2. The molecule has 0 amide bonds. The minimum Gasteiger partial charge on any atom is -0.271 e. The molecule has 0 spiro atoms. The molecular weight excluding hydrogens is 300 g/mol. The molecule has 8 heteroatoms. The maximum Gasteiger partial charge on any atom is 0.155 e. The van der Waals surface area contributed by atoms with Gasteiger partial charge < -0.3 is 0 Å². The van der Waals surface area contributed by atoms with Gasteiger partial charge >= 0.3 is 0 Å². The van der Waals surface area contributed by atoms with Crippen molar-refractivity contribution >= 4 is 21.4 Å². The highest BCUT2D eigenvalue weighted by Crippen LogP contribution is 2.33. The van der Waals surface area contributed by atoms with Gasteiger partial charge in [0.2, 0.25) is 0 Å². The van der Waals surface area contributed by atoms with Gasteiger partial charge in [0.05, 0.1) is 34.0 Å². The van der Waals surface area contributed by atoms with Crippen molar-refractivity contribution in [3.63, 3.8) is 0 Å². The number of halogens is 1. The molecule has 6 nitrogen and oxygen atoms in total. The van der Waals surface area contributed by atoms with Crippen molar-refractivity contribution < 1.29 is 8.42 Å². The van der Waals surface area contributed by atoms with Gasteiger partial charge in [0.25, 0.3) is 0 Å². The number of nitrogens with two attached hydrogens (primary N) is 1. The first-order valence-electron chi connectivity index (χ1n) is 6.90. The number of rotatable bonds is 5. The lowest BCUT2D eigenvalue weighted by molar-refractivity contribution is 0.423. The molecule has 1 fully saturated rings. The molecular formula is C12H21ClN4O2S. The number of hydrazine groups is 1. The standard InChI is InChI=1S/C12H21ClN4O2S/c1-2-6-17-12(9(13)8-15-17)11(16-14)10-5-3-4-7-20(10,18)19/h8,10-11,16H,2-7,14H2,1H3. The monoisotopic (exact) mass is 320 g/mol. The van der Waals surface area contributed by atoms with Crippen molar-refractivity contribution in [2.45, 2.75) is 50.4 Å². The van der Waals surface area contributed by atoms with Crippen LogP contribution in [-0.4, -0.2) is 29.2 Å². The zero-order valence-corrected chi connectivity index (χ0v) is 13.1. The van der Waals surface area contributed by atoms with Crippen molar-refractivity contribution in [1.82, 2.24) is 15.2 Å². The van der Waals surface area contributed by atoms with Crippen LogP contribution in [0.2, 0.25) is 5.02 Å². The Kier molecular flexibility index (Phi) is 5.06. The van der Waals surface area contributed by atoms with Gasteiger partial charge in [-0.05, 0) is 19.3 Å². The second-order valence-electron chi connectivity index (χ2n) is 5.15. The summed E-state index contributed by atoms with van der Waals surface area (Å²) in [4.78, 5) is 0. The molecule has 0 radical (unpaired) electrons. The summed E-state index contributed by atoms with van der Waals surface area (Å²) >= 11 is 6.19. The largest absolute Gasteiger partial charge is 0.271 e. The fourth-order valence-electron chi connectivity index (χ4n) is 2.79. The summed E-state index contributed by atoms with van der Waals surface area (Å²) < 4.78 is 26.3. The summed E-state index contributed by atoms with van der Waals surface area (Å²) in [5.74, 6) is 5.85. The van der Waals surface area contributed by atoms with Gasteiger partial charge in [-0.2, -0.15) is 5.10 Å². The van der Waals surface area contributed by atoms with Crippen LogP contribution in [0, 0.1) is 0 Å². The Morgan fingerprint density at radius 3 is 2.95 bits per heavy atom. The third-order valence-corrected chi connectivity index (χ3v) is 6.32. The first-order valence-corrected chi connectivity index (χ1v) is 8.99. The maximum atomic E-state index is 12.3. The van der Waals surface area contributed by atoms with Crippen molar-refractivity contribution in [3.05, 3.63) is 16.9 Å². The molecule has 20 heavy (non-hydrogen) atoms. The molecule has 2 rings (SSSR count). The average Bonchev–Trinajstić information content (AvgIpc) is 2.75. The molecule has 1 saturated heterocycles. The summed E-state index contributed by atoms with van der Waals surface area (Å²) in [6, 6.07) is -0.512. The molecule has 0 aromatic carbocycles. The third kappa shape index (κ3) is 3.00. The smallest absolute Gasteiger partial charge is 0.155 e. The predicted octanol–water partition coefficient (Wildman–Crippen LogP) is 1.42. The Balaban J connectivity index is 2.39. The molecule has 3 N–H and O–H groups in total. The van der Waals surface area contributed by atoms with E-state index in [1.165, 1.54) is 0 Å². The number of aryl methyl sites for hydroxylation is 1. The van der Waals surface area contributed by atoms with E-state index < -0.39 is 21.1 Å². The fourth-order valence-corrected chi connectivity index (χ4v) is 5.10. The SMILES string of the molecule is CCCn1ncc(Cl)c1C(NN)C1CCCCS1(=O)=O. The number of sulfone groups is 1. The van der Waals surface area contributed by atoms with Crippen molar-refractivity contribution in [2.75, 3.05) is 5.75 Å². The van der Waals surface area contributed by atoms with Crippen LogP contribution in [0.25, 0.3) is 0 Å². The van der Waals surface area contributed by atoms with E-state index in [0.29, 0.717) is 23.7 Å². The van der Waals surface area contributed by atoms with Gasteiger partial charge in [-0.25, -0.2) is 8.42 Å². The van der Waals surface area contributed by atoms with Crippen molar-refractivity contribution in [1.29, 1.82) is 0 Å². The van der Waals surface area contributed by atoms with E-state index in [1.54, 1.807) is 10.9 Å². The Bertz CT molecular complexity index is 558. The molecule has 0 aliphatic carbocycles. The molecule has 1 aliphatic rings. The highest BCUT2D eigenvalue weighted by molar-refractivity contribution is 7.92. The van der Waals surface area contributed by atoms with Gasteiger partial charge in [-0.15, -0.1) is 0 Å². The normalized spacial score (nSPS) is 23.6. The van der Waals surface area contributed by atoms with Gasteiger partial charge in [-0.1, -0.05) is 24.9 Å². The van der Waals surface area contributed by atoms with E-state index >= 15 is 0 Å². The van der Waals surface area contributed by atoms with Crippen LogP contribution in [-0.2, 0) is 16.4 Å². The minimum atomic E-state index is -3.15. The average molecular weight is 321 g/mol. The number of hydrogen-bond donors (Lipinski definition) is 2. The van der Waals surface area contributed by atoms with Gasteiger partial charge in [0.1, 0.15) is 0 Å². The lowest BCUT2D eigenvalue weighted by Gasteiger charge is -2.30. The zero-order chi connectivity index (χ0) is 14.8. The topological polar surface area (TPSA) is 90.0 Å². The second kappa shape index (κ2) is 6.43. The molecule has 2 unspecified atom stereocenters. The zero-order valence-electron chi connectivity index (χ0n) is 11.5. The van der Waals surface area contributed by atoms with Gasteiger partial charge in [0, 0.05) is 6.54 Å². The highest BCUT2D eigenvalue weighted by atomic mass is 35.5.